The van der Waals surface area contributed by atoms with Crippen molar-refractivity contribution in [3.63, 3.8) is 0 Å². The summed E-state index contributed by atoms with van der Waals surface area (Å²) in [6, 6.07) is 5.58. The number of thiophene rings is 1. The molecule has 2 unspecified atom stereocenters. The average molecular weight is 337 g/mol. The van der Waals surface area contributed by atoms with Crippen molar-refractivity contribution in [2.24, 2.45) is 4.99 Å². The van der Waals surface area contributed by atoms with Gasteiger partial charge in [0.25, 0.3) is 0 Å². The molecule has 1 saturated heterocycles. The van der Waals surface area contributed by atoms with E-state index in [1.54, 1.807) is 0 Å². The second kappa shape index (κ2) is 9.28. The van der Waals surface area contributed by atoms with Crippen molar-refractivity contribution in [3.8, 4) is 0 Å². The standard InChI is InChI=1S/C18H32N4S/c1-15-8-5-6-11-22(15)16(2)14-20-18(19-3)21(4)12-10-17-9-7-13-23-17/h7,9,13,15-16H,5-6,8,10-12,14H2,1-4H3,(H,19,20). The largest absolute Gasteiger partial charge is 0.355 e. The topological polar surface area (TPSA) is 30.9 Å². The molecule has 2 atom stereocenters. The van der Waals surface area contributed by atoms with Crippen LogP contribution in [0.1, 0.15) is 38.0 Å². The molecule has 1 aliphatic heterocycles. The van der Waals surface area contributed by atoms with Gasteiger partial charge >= 0.3 is 0 Å². The maximum absolute atomic E-state index is 4.44. The van der Waals surface area contributed by atoms with Crippen LogP contribution in [-0.2, 0) is 6.42 Å². The molecule has 2 rings (SSSR count). The zero-order chi connectivity index (χ0) is 16.7. The first-order valence-electron chi connectivity index (χ1n) is 8.81. The Morgan fingerprint density at radius 1 is 1.52 bits per heavy atom. The molecule has 1 aromatic rings. The minimum Gasteiger partial charge on any atom is -0.355 e. The van der Waals surface area contributed by atoms with Crippen LogP contribution in [0.4, 0.5) is 0 Å². The summed E-state index contributed by atoms with van der Waals surface area (Å²) in [7, 11) is 4.00. The maximum Gasteiger partial charge on any atom is 0.193 e. The number of nitrogens with one attached hydrogen (secondary N) is 1. The van der Waals surface area contributed by atoms with Crippen molar-refractivity contribution in [1.29, 1.82) is 0 Å². The van der Waals surface area contributed by atoms with E-state index in [0.717, 1.165) is 25.5 Å². The van der Waals surface area contributed by atoms with Crippen molar-refractivity contribution in [2.45, 2.75) is 51.6 Å². The van der Waals surface area contributed by atoms with Gasteiger partial charge in [0.15, 0.2) is 5.96 Å². The predicted octanol–water partition coefficient (Wildman–Crippen LogP) is 3.06. The van der Waals surface area contributed by atoms with Gasteiger partial charge < -0.3 is 10.2 Å². The second-order valence-corrected chi connectivity index (χ2v) is 7.64. The van der Waals surface area contributed by atoms with Crippen molar-refractivity contribution < 1.29 is 0 Å². The van der Waals surface area contributed by atoms with E-state index in [4.69, 9.17) is 0 Å². The molecule has 4 nitrogen and oxygen atoms in total. The molecule has 0 spiro atoms. The Hall–Kier alpha value is -1.07. The lowest BCUT2D eigenvalue weighted by Crippen LogP contribution is -2.50. The molecule has 0 bridgehead atoms. The van der Waals surface area contributed by atoms with Crippen LogP contribution in [0, 0.1) is 0 Å². The first-order chi connectivity index (χ1) is 11.1. The molecule has 130 valence electrons. The van der Waals surface area contributed by atoms with Crippen molar-refractivity contribution in [3.05, 3.63) is 22.4 Å². The van der Waals surface area contributed by atoms with Gasteiger partial charge in [-0.1, -0.05) is 12.5 Å². The molecule has 0 aromatic carbocycles. The van der Waals surface area contributed by atoms with Gasteiger partial charge in [0, 0.05) is 44.1 Å². The summed E-state index contributed by atoms with van der Waals surface area (Å²) in [6.45, 7) is 7.87. The maximum atomic E-state index is 4.44. The molecule has 1 fully saturated rings. The number of hydrogen-bond donors (Lipinski definition) is 1. The van der Waals surface area contributed by atoms with Crippen molar-refractivity contribution in [2.75, 3.05) is 33.7 Å². The third-order valence-electron chi connectivity index (χ3n) is 4.82. The third kappa shape index (κ3) is 5.50. The van der Waals surface area contributed by atoms with Crippen LogP contribution in [0.5, 0.6) is 0 Å². The van der Waals surface area contributed by atoms with Gasteiger partial charge in [0.1, 0.15) is 0 Å². The fourth-order valence-electron chi connectivity index (χ4n) is 3.35. The van der Waals surface area contributed by atoms with E-state index < -0.39 is 0 Å². The summed E-state index contributed by atoms with van der Waals surface area (Å²) in [4.78, 5) is 10.7. The Morgan fingerprint density at radius 3 is 3.00 bits per heavy atom. The lowest BCUT2D eigenvalue weighted by atomic mass is 10.0. The third-order valence-corrected chi connectivity index (χ3v) is 5.76. The van der Waals surface area contributed by atoms with Gasteiger partial charge in [-0.15, -0.1) is 11.3 Å². The number of aliphatic imine (C=N–C) groups is 1. The fourth-order valence-corrected chi connectivity index (χ4v) is 4.05. The van der Waals surface area contributed by atoms with Gasteiger partial charge in [-0.3, -0.25) is 9.89 Å². The molecule has 1 aromatic heterocycles. The van der Waals surface area contributed by atoms with Crippen LogP contribution >= 0.6 is 11.3 Å². The monoisotopic (exact) mass is 336 g/mol. The summed E-state index contributed by atoms with van der Waals surface area (Å²) in [5, 5.41) is 5.70. The van der Waals surface area contributed by atoms with E-state index in [1.165, 1.54) is 30.7 Å². The Bertz CT molecular complexity index is 471. The number of rotatable bonds is 6. The summed E-state index contributed by atoms with van der Waals surface area (Å²) in [5.74, 6) is 0.998. The molecule has 5 heteroatoms. The smallest absolute Gasteiger partial charge is 0.193 e. The molecule has 23 heavy (non-hydrogen) atoms. The summed E-state index contributed by atoms with van der Waals surface area (Å²) in [5.41, 5.74) is 0. The molecular weight excluding hydrogens is 304 g/mol. The van der Waals surface area contributed by atoms with Gasteiger partial charge in [0.05, 0.1) is 0 Å². The molecule has 0 amide bonds. The number of guanidine groups is 1. The predicted molar refractivity (Wildman–Crippen MR) is 101 cm³/mol. The minimum atomic E-state index is 0.549. The summed E-state index contributed by atoms with van der Waals surface area (Å²) >= 11 is 1.83. The van der Waals surface area contributed by atoms with Crippen LogP contribution in [0.2, 0.25) is 0 Å². The van der Waals surface area contributed by atoms with Crippen LogP contribution < -0.4 is 5.32 Å². The Balaban J connectivity index is 1.77. The molecule has 1 aliphatic rings. The van der Waals surface area contributed by atoms with Gasteiger partial charge in [-0.05, 0) is 51.1 Å². The Labute approximate surface area is 145 Å². The highest BCUT2D eigenvalue weighted by Gasteiger charge is 2.23. The highest BCUT2D eigenvalue weighted by atomic mass is 32.1. The van der Waals surface area contributed by atoms with Crippen LogP contribution in [0.3, 0.4) is 0 Å². The number of piperidine rings is 1. The zero-order valence-electron chi connectivity index (χ0n) is 15.1. The van der Waals surface area contributed by atoms with E-state index in [2.05, 4.69) is 58.5 Å². The molecule has 2 heterocycles. The number of likely N-dealkylation sites (tertiary alicyclic amines) is 1. The fraction of sp³-hybridized carbons (Fsp3) is 0.722. The highest BCUT2D eigenvalue weighted by molar-refractivity contribution is 7.09. The highest BCUT2D eigenvalue weighted by Crippen LogP contribution is 2.18. The first-order valence-corrected chi connectivity index (χ1v) is 9.69. The lowest BCUT2D eigenvalue weighted by molar-refractivity contribution is 0.115. The van der Waals surface area contributed by atoms with Gasteiger partial charge in [-0.2, -0.15) is 0 Å². The van der Waals surface area contributed by atoms with Crippen LogP contribution in [0.15, 0.2) is 22.5 Å². The molecule has 0 saturated carbocycles. The molecule has 1 N–H and O–H groups in total. The number of nitrogens with zero attached hydrogens (tertiary/aromatic N) is 3. The average Bonchev–Trinajstić information content (AvgIpc) is 3.07. The number of hydrogen-bond acceptors (Lipinski definition) is 3. The van der Waals surface area contributed by atoms with E-state index in [-0.39, 0.29) is 0 Å². The Morgan fingerprint density at radius 2 is 2.35 bits per heavy atom. The van der Waals surface area contributed by atoms with E-state index >= 15 is 0 Å². The SMILES string of the molecule is CN=C(NCC(C)N1CCCCC1C)N(C)CCc1cccs1. The molecule has 0 radical (unpaired) electrons. The summed E-state index contributed by atoms with van der Waals surface area (Å²) < 4.78 is 0. The van der Waals surface area contributed by atoms with E-state index in [0.29, 0.717) is 12.1 Å². The molecular formula is C18H32N4S. The first kappa shape index (κ1) is 18.3. The summed E-state index contributed by atoms with van der Waals surface area (Å²) in [6.07, 6.45) is 5.13. The Kier molecular flexibility index (Phi) is 7.37. The quantitative estimate of drug-likeness (QED) is 0.640. The second-order valence-electron chi connectivity index (χ2n) is 6.61. The van der Waals surface area contributed by atoms with E-state index in [1.807, 2.05) is 18.4 Å². The molecule has 0 aliphatic carbocycles. The zero-order valence-corrected chi connectivity index (χ0v) is 15.9. The normalized spacial score (nSPS) is 21.2. The van der Waals surface area contributed by atoms with Crippen molar-refractivity contribution >= 4 is 17.3 Å². The number of likely N-dealkylation sites (N-methyl/N-ethyl adjacent to an activating group) is 1. The minimum absolute atomic E-state index is 0.549. The van der Waals surface area contributed by atoms with Crippen molar-refractivity contribution in [1.82, 2.24) is 15.1 Å². The van der Waals surface area contributed by atoms with E-state index in [9.17, 15) is 0 Å². The van der Waals surface area contributed by atoms with Crippen LogP contribution in [0.25, 0.3) is 0 Å². The van der Waals surface area contributed by atoms with Gasteiger partial charge in [-0.25, -0.2) is 0 Å². The lowest BCUT2D eigenvalue weighted by Gasteiger charge is -2.38. The van der Waals surface area contributed by atoms with Gasteiger partial charge in [0.2, 0.25) is 0 Å². The van der Waals surface area contributed by atoms with Crippen LogP contribution in [-0.4, -0.2) is 61.6 Å².